The van der Waals surface area contributed by atoms with E-state index in [0.717, 1.165) is 17.7 Å². The van der Waals surface area contributed by atoms with Crippen molar-refractivity contribution in [2.75, 3.05) is 0 Å². The van der Waals surface area contributed by atoms with Gasteiger partial charge in [-0.15, -0.1) is 0 Å². The smallest absolute Gasteiger partial charge is 0.339 e. The number of carboxylic acid groups (broad SMARTS) is 1. The molecule has 90 valence electrons. The lowest BCUT2D eigenvalue weighted by molar-refractivity contribution is 0.0692. The number of hydrogen-bond acceptors (Lipinski definition) is 2. The van der Waals surface area contributed by atoms with E-state index in [0.29, 0.717) is 11.3 Å². The molecule has 0 aliphatic carbocycles. The van der Waals surface area contributed by atoms with Gasteiger partial charge in [-0.3, -0.25) is 0 Å². The Bertz CT molecular complexity index is 388. The SMILES string of the molecule is CCC(C)c1oc(C)c(C(C)C)c1C(=O)O. The molecule has 1 rings (SSSR count). The molecule has 1 aromatic rings. The Morgan fingerprint density at radius 3 is 2.31 bits per heavy atom. The molecule has 0 radical (unpaired) electrons. The molecule has 1 atom stereocenters. The van der Waals surface area contributed by atoms with Crippen LogP contribution in [0.4, 0.5) is 0 Å². The van der Waals surface area contributed by atoms with Crippen LogP contribution in [-0.4, -0.2) is 11.1 Å². The molecule has 0 aliphatic rings. The minimum Gasteiger partial charge on any atom is -0.478 e. The molecule has 3 heteroatoms. The lowest BCUT2D eigenvalue weighted by Crippen LogP contribution is -2.06. The van der Waals surface area contributed by atoms with E-state index in [-0.39, 0.29) is 11.8 Å². The standard InChI is InChI=1S/C13H20O3/c1-6-8(4)12-11(13(14)15)10(7(2)3)9(5)16-12/h7-8H,6H2,1-5H3,(H,14,15). The molecule has 1 unspecified atom stereocenters. The molecule has 0 aliphatic heterocycles. The Hall–Kier alpha value is -1.25. The number of carboxylic acids is 1. The number of furan rings is 1. The zero-order valence-corrected chi connectivity index (χ0v) is 10.6. The maximum atomic E-state index is 11.3. The van der Waals surface area contributed by atoms with Crippen LogP contribution in [0, 0.1) is 6.92 Å². The van der Waals surface area contributed by atoms with Crippen LogP contribution in [-0.2, 0) is 0 Å². The van der Waals surface area contributed by atoms with Gasteiger partial charge in [-0.2, -0.15) is 0 Å². The minimum absolute atomic E-state index is 0.150. The van der Waals surface area contributed by atoms with Crippen LogP contribution < -0.4 is 0 Å². The predicted octanol–water partition coefficient (Wildman–Crippen LogP) is 3.92. The number of carbonyl (C=O) groups is 1. The molecule has 0 spiro atoms. The minimum atomic E-state index is -0.879. The second-order valence-corrected chi connectivity index (χ2v) is 4.58. The van der Waals surface area contributed by atoms with Crippen molar-refractivity contribution >= 4 is 5.97 Å². The van der Waals surface area contributed by atoms with Crippen LogP contribution in [0.5, 0.6) is 0 Å². The Morgan fingerprint density at radius 2 is 1.94 bits per heavy atom. The molecular formula is C13H20O3. The normalized spacial score (nSPS) is 13.1. The molecule has 0 fully saturated rings. The first kappa shape index (κ1) is 12.8. The maximum Gasteiger partial charge on any atom is 0.339 e. The predicted molar refractivity (Wildman–Crippen MR) is 63.2 cm³/mol. The monoisotopic (exact) mass is 224 g/mol. The van der Waals surface area contributed by atoms with Crippen molar-refractivity contribution in [3.8, 4) is 0 Å². The highest BCUT2D eigenvalue weighted by molar-refractivity contribution is 5.91. The second-order valence-electron chi connectivity index (χ2n) is 4.58. The fourth-order valence-corrected chi connectivity index (χ4v) is 2.03. The summed E-state index contributed by atoms with van der Waals surface area (Å²) in [5.41, 5.74) is 1.21. The molecule has 1 N–H and O–H groups in total. The fourth-order valence-electron chi connectivity index (χ4n) is 2.03. The third kappa shape index (κ3) is 2.13. The highest BCUT2D eigenvalue weighted by atomic mass is 16.4. The second kappa shape index (κ2) is 4.73. The van der Waals surface area contributed by atoms with Crippen LogP contribution in [0.2, 0.25) is 0 Å². The highest BCUT2D eigenvalue weighted by Crippen LogP contribution is 2.34. The summed E-state index contributed by atoms with van der Waals surface area (Å²) in [4.78, 5) is 11.3. The molecule has 1 heterocycles. The fraction of sp³-hybridized carbons (Fsp3) is 0.615. The molecule has 3 nitrogen and oxygen atoms in total. The topological polar surface area (TPSA) is 50.4 Å². The van der Waals surface area contributed by atoms with E-state index in [9.17, 15) is 9.90 Å². The van der Waals surface area contributed by atoms with Crippen LogP contribution in [0.15, 0.2) is 4.42 Å². The average Bonchev–Trinajstić information content (AvgIpc) is 2.54. The lowest BCUT2D eigenvalue weighted by atomic mass is 9.94. The van der Waals surface area contributed by atoms with Gasteiger partial charge in [0.1, 0.15) is 17.1 Å². The lowest BCUT2D eigenvalue weighted by Gasteiger charge is -2.08. The van der Waals surface area contributed by atoms with Gasteiger partial charge in [0, 0.05) is 11.5 Å². The number of aromatic carboxylic acids is 1. The van der Waals surface area contributed by atoms with E-state index >= 15 is 0 Å². The summed E-state index contributed by atoms with van der Waals surface area (Å²) in [5, 5.41) is 9.29. The van der Waals surface area contributed by atoms with Gasteiger partial charge in [-0.1, -0.05) is 27.7 Å². The summed E-state index contributed by atoms with van der Waals surface area (Å²) in [6.07, 6.45) is 0.880. The van der Waals surface area contributed by atoms with Gasteiger partial charge in [-0.05, 0) is 19.3 Å². The molecule has 0 amide bonds. The average molecular weight is 224 g/mol. The molecule has 1 aromatic heterocycles. The zero-order valence-electron chi connectivity index (χ0n) is 10.6. The van der Waals surface area contributed by atoms with Gasteiger partial charge in [-0.25, -0.2) is 4.79 Å². The first-order chi connectivity index (χ1) is 7.40. The summed E-state index contributed by atoms with van der Waals surface area (Å²) in [5.74, 6) is 0.805. The Morgan fingerprint density at radius 1 is 1.38 bits per heavy atom. The van der Waals surface area contributed by atoms with Gasteiger partial charge in [0.2, 0.25) is 0 Å². The first-order valence-corrected chi connectivity index (χ1v) is 5.76. The van der Waals surface area contributed by atoms with Crippen LogP contribution in [0.1, 0.15) is 73.4 Å². The molecule has 0 bridgehead atoms. The number of rotatable bonds is 4. The van der Waals surface area contributed by atoms with E-state index in [4.69, 9.17) is 4.42 Å². The quantitative estimate of drug-likeness (QED) is 0.843. The summed E-state index contributed by atoms with van der Waals surface area (Å²) in [7, 11) is 0. The van der Waals surface area contributed by atoms with E-state index in [2.05, 4.69) is 0 Å². The van der Waals surface area contributed by atoms with Crippen molar-refractivity contribution in [2.45, 2.75) is 52.9 Å². The van der Waals surface area contributed by atoms with Gasteiger partial charge in [0.25, 0.3) is 0 Å². The van der Waals surface area contributed by atoms with Crippen LogP contribution in [0.25, 0.3) is 0 Å². The van der Waals surface area contributed by atoms with E-state index in [1.165, 1.54) is 0 Å². The van der Waals surface area contributed by atoms with Crippen molar-refractivity contribution in [3.05, 3.63) is 22.6 Å². The third-order valence-corrected chi connectivity index (χ3v) is 3.01. The van der Waals surface area contributed by atoms with Crippen molar-refractivity contribution in [1.82, 2.24) is 0 Å². The summed E-state index contributed by atoms with van der Waals surface area (Å²) < 4.78 is 5.64. The molecule has 0 aromatic carbocycles. The molecular weight excluding hydrogens is 204 g/mol. The van der Waals surface area contributed by atoms with Crippen LogP contribution >= 0.6 is 0 Å². The highest BCUT2D eigenvalue weighted by Gasteiger charge is 2.27. The Balaban J connectivity index is 3.41. The van der Waals surface area contributed by atoms with Crippen LogP contribution in [0.3, 0.4) is 0 Å². The zero-order chi connectivity index (χ0) is 12.5. The van der Waals surface area contributed by atoms with Crippen molar-refractivity contribution in [3.63, 3.8) is 0 Å². The van der Waals surface area contributed by atoms with Crippen molar-refractivity contribution in [2.24, 2.45) is 0 Å². The maximum absolute atomic E-state index is 11.3. The molecule has 0 saturated heterocycles. The van der Waals surface area contributed by atoms with E-state index in [1.54, 1.807) is 0 Å². The van der Waals surface area contributed by atoms with E-state index in [1.807, 2.05) is 34.6 Å². The van der Waals surface area contributed by atoms with Gasteiger partial charge in [0.15, 0.2) is 0 Å². The Kier molecular flexibility index (Phi) is 3.79. The molecule has 0 saturated carbocycles. The molecule has 16 heavy (non-hydrogen) atoms. The van der Waals surface area contributed by atoms with Crippen molar-refractivity contribution < 1.29 is 14.3 Å². The third-order valence-electron chi connectivity index (χ3n) is 3.01. The summed E-state index contributed by atoms with van der Waals surface area (Å²) >= 11 is 0. The van der Waals surface area contributed by atoms with E-state index < -0.39 is 5.97 Å². The summed E-state index contributed by atoms with van der Waals surface area (Å²) in [6, 6.07) is 0. The number of hydrogen-bond donors (Lipinski definition) is 1. The summed E-state index contributed by atoms with van der Waals surface area (Å²) in [6.45, 7) is 9.85. The largest absolute Gasteiger partial charge is 0.478 e. The first-order valence-electron chi connectivity index (χ1n) is 5.76. The number of aryl methyl sites for hydroxylation is 1. The van der Waals surface area contributed by atoms with Gasteiger partial charge < -0.3 is 9.52 Å². The van der Waals surface area contributed by atoms with Gasteiger partial charge >= 0.3 is 5.97 Å². The van der Waals surface area contributed by atoms with Gasteiger partial charge in [0.05, 0.1) is 0 Å². The Labute approximate surface area is 96.5 Å². The van der Waals surface area contributed by atoms with Crippen molar-refractivity contribution in [1.29, 1.82) is 0 Å².